The summed E-state index contributed by atoms with van der Waals surface area (Å²) in [5, 5.41) is 2.62. The van der Waals surface area contributed by atoms with Gasteiger partial charge in [0.1, 0.15) is 17.1 Å². The van der Waals surface area contributed by atoms with E-state index in [1.807, 2.05) is 19.9 Å². The third-order valence-corrected chi connectivity index (χ3v) is 7.39. The molecule has 3 aromatic rings. The maximum Gasteiger partial charge on any atom is 0.270 e. The minimum Gasteiger partial charge on any atom is -0.497 e. The Hall–Kier alpha value is -3.18. The van der Waals surface area contributed by atoms with E-state index < -0.39 is 11.8 Å². The second-order valence-corrected chi connectivity index (χ2v) is 9.64. The van der Waals surface area contributed by atoms with Crippen molar-refractivity contribution in [3.8, 4) is 17.2 Å². The minimum absolute atomic E-state index is 0.0135. The normalized spacial score (nSPS) is 15.0. The van der Waals surface area contributed by atoms with Crippen molar-refractivity contribution < 1.29 is 19.1 Å². The van der Waals surface area contributed by atoms with E-state index in [1.54, 1.807) is 31.4 Å². The van der Waals surface area contributed by atoms with Gasteiger partial charge in [-0.25, -0.2) is 4.90 Å². The van der Waals surface area contributed by atoms with Gasteiger partial charge in [-0.05, 0) is 109 Å². The molecular formula is C26H24IN3O4S. The van der Waals surface area contributed by atoms with Crippen LogP contribution in [0.1, 0.15) is 22.5 Å². The highest BCUT2D eigenvalue weighted by atomic mass is 127. The summed E-state index contributed by atoms with van der Waals surface area (Å²) < 4.78 is 14.0. The Morgan fingerprint density at radius 2 is 1.74 bits per heavy atom. The second-order valence-electron chi connectivity index (χ2n) is 8.09. The number of hydrogen-bond donors (Lipinski definition) is 1. The first-order valence-electron chi connectivity index (χ1n) is 10.7. The smallest absolute Gasteiger partial charge is 0.270 e. The van der Waals surface area contributed by atoms with E-state index in [1.165, 1.54) is 21.1 Å². The average molecular weight is 601 g/mol. The molecule has 1 fully saturated rings. The van der Waals surface area contributed by atoms with E-state index >= 15 is 0 Å². The molecule has 2 heterocycles. The van der Waals surface area contributed by atoms with Crippen molar-refractivity contribution in [2.45, 2.75) is 20.8 Å². The maximum absolute atomic E-state index is 13.5. The number of carbonyl (C=O) groups excluding carboxylic acids is 2. The molecule has 1 aliphatic rings. The molecule has 1 N–H and O–H groups in total. The van der Waals surface area contributed by atoms with Crippen LogP contribution in [0.4, 0.5) is 5.69 Å². The van der Waals surface area contributed by atoms with Gasteiger partial charge >= 0.3 is 0 Å². The van der Waals surface area contributed by atoms with Crippen LogP contribution in [0.25, 0.3) is 11.8 Å². The molecule has 1 aromatic heterocycles. The van der Waals surface area contributed by atoms with Crippen molar-refractivity contribution in [1.29, 1.82) is 0 Å². The van der Waals surface area contributed by atoms with Gasteiger partial charge in [-0.2, -0.15) is 0 Å². The molecule has 0 aliphatic carbocycles. The molecule has 35 heavy (non-hydrogen) atoms. The summed E-state index contributed by atoms with van der Waals surface area (Å²) in [4.78, 5) is 27.6. The number of amides is 2. The Bertz CT molecular complexity index is 1410. The fraction of sp³-hybridized carbons (Fsp3) is 0.192. The monoisotopic (exact) mass is 601 g/mol. The fourth-order valence-corrected chi connectivity index (χ4v) is 4.71. The summed E-state index contributed by atoms with van der Waals surface area (Å²) in [6, 6.07) is 13.2. The number of methoxy groups -OCH3 is 2. The van der Waals surface area contributed by atoms with Crippen molar-refractivity contribution in [2.24, 2.45) is 0 Å². The third-order valence-electron chi connectivity index (χ3n) is 5.90. The van der Waals surface area contributed by atoms with Crippen LogP contribution in [-0.4, -0.2) is 35.7 Å². The Labute approximate surface area is 222 Å². The lowest BCUT2D eigenvalue weighted by Gasteiger charge is -2.30. The number of anilines is 1. The third kappa shape index (κ3) is 4.57. The predicted molar refractivity (Wildman–Crippen MR) is 148 cm³/mol. The standard InChI is InChI=1S/C26H24IN3O4S/c1-14-10-18(6-8-21(14)27)29-15(2)11-17(16(29)3)12-20-24(31)28-26(35)30(25(20)32)22-9-7-19(33-4)13-23(22)34-5/h6-13H,1-5H3,(H,28,31,35)/b20-12-. The molecule has 7 nitrogen and oxygen atoms in total. The van der Waals surface area contributed by atoms with E-state index in [9.17, 15) is 9.59 Å². The van der Waals surface area contributed by atoms with Gasteiger partial charge in [0.05, 0.1) is 19.9 Å². The number of aromatic nitrogens is 1. The van der Waals surface area contributed by atoms with Crippen LogP contribution >= 0.6 is 34.8 Å². The molecule has 2 amide bonds. The number of ether oxygens (including phenoxy) is 2. The molecule has 0 bridgehead atoms. The Kier molecular flexibility index (Phi) is 7.00. The number of nitrogens with one attached hydrogen (secondary N) is 1. The molecule has 0 unspecified atom stereocenters. The van der Waals surface area contributed by atoms with Crippen LogP contribution in [0.3, 0.4) is 0 Å². The summed E-state index contributed by atoms with van der Waals surface area (Å²) in [5.41, 5.74) is 5.26. The van der Waals surface area contributed by atoms with Gasteiger partial charge in [0.25, 0.3) is 11.8 Å². The number of halogens is 1. The second kappa shape index (κ2) is 9.82. The number of carbonyl (C=O) groups is 2. The number of nitrogens with zero attached hydrogens (tertiary/aromatic N) is 2. The Balaban J connectivity index is 1.78. The summed E-state index contributed by atoms with van der Waals surface area (Å²) in [5.74, 6) is -0.113. The van der Waals surface area contributed by atoms with E-state index in [4.69, 9.17) is 21.7 Å². The van der Waals surface area contributed by atoms with E-state index in [0.717, 1.165) is 22.6 Å². The van der Waals surface area contributed by atoms with Crippen LogP contribution in [0.15, 0.2) is 48.0 Å². The van der Waals surface area contributed by atoms with Crippen molar-refractivity contribution in [3.63, 3.8) is 0 Å². The number of rotatable bonds is 5. The number of benzene rings is 2. The first-order valence-corrected chi connectivity index (χ1v) is 12.2. The summed E-state index contributed by atoms with van der Waals surface area (Å²) in [7, 11) is 3.03. The van der Waals surface area contributed by atoms with Gasteiger partial charge in [0.15, 0.2) is 5.11 Å². The predicted octanol–water partition coefficient (Wildman–Crippen LogP) is 4.86. The molecule has 1 aliphatic heterocycles. The summed E-state index contributed by atoms with van der Waals surface area (Å²) in [6.45, 7) is 6.03. The van der Waals surface area contributed by atoms with Crippen LogP contribution in [-0.2, 0) is 9.59 Å². The lowest BCUT2D eigenvalue weighted by molar-refractivity contribution is -0.122. The summed E-state index contributed by atoms with van der Waals surface area (Å²) in [6.07, 6.45) is 1.61. The number of thiocarbonyl (C=S) groups is 1. The lowest BCUT2D eigenvalue weighted by atomic mass is 10.1. The van der Waals surface area contributed by atoms with Gasteiger partial charge in [0.2, 0.25) is 0 Å². The highest BCUT2D eigenvalue weighted by Gasteiger charge is 2.36. The minimum atomic E-state index is -0.543. The van der Waals surface area contributed by atoms with Gasteiger partial charge in [-0.15, -0.1) is 0 Å². The topological polar surface area (TPSA) is 72.8 Å². The Morgan fingerprint density at radius 1 is 1.00 bits per heavy atom. The van der Waals surface area contributed by atoms with Crippen LogP contribution in [0, 0.1) is 24.3 Å². The lowest BCUT2D eigenvalue weighted by Crippen LogP contribution is -2.54. The first kappa shape index (κ1) is 24.9. The van der Waals surface area contributed by atoms with Gasteiger partial charge < -0.3 is 14.0 Å². The Morgan fingerprint density at radius 3 is 2.40 bits per heavy atom. The van der Waals surface area contributed by atoms with E-state index in [2.05, 4.69) is 57.6 Å². The van der Waals surface area contributed by atoms with E-state index in [-0.39, 0.29) is 10.7 Å². The van der Waals surface area contributed by atoms with E-state index in [0.29, 0.717) is 17.2 Å². The molecule has 2 aromatic carbocycles. The number of aryl methyl sites for hydroxylation is 2. The highest BCUT2D eigenvalue weighted by molar-refractivity contribution is 14.1. The van der Waals surface area contributed by atoms with Gasteiger partial charge in [0, 0.05) is 26.7 Å². The highest BCUT2D eigenvalue weighted by Crippen LogP contribution is 2.35. The molecular weight excluding hydrogens is 577 g/mol. The molecule has 0 saturated carbocycles. The molecule has 0 radical (unpaired) electrons. The first-order chi connectivity index (χ1) is 16.7. The molecule has 1 saturated heterocycles. The largest absolute Gasteiger partial charge is 0.497 e. The molecule has 0 spiro atoms. The number of hydrogen-bond acceptors (Lipinski definition) is 5. The van der Waals surface area contributed by atoms with Crippen molar-refractivity contribution in [2.75, 3.05) is 19.1 Å². The van der Waals surface area contributed by atoms with Crippen molar-refractivity contribution >= 4 is 63.5 Å². The van der Waals surface area contributed by atoms with Gasteiger partial charge in [-0.3, -0.25) is 14.9 Å². The zero-order valence-electron chi connectivity index (χ0n) is 19.9. The molecule has 9 heteroatoms. The zero-order chi connectivity index (χ0) is 25.4. The zero-order valence-corrected chi connectivity index (χ0v) is 22.9. The van der Waals surface area contributed by atoms with Crippen LogP contribution in [0.2, 0.25) is 0 Å². The van der Waals surface area contributed by atoms with Crippen molar-refractivity contribution in [1.82, 2.24) is 9.88 Å². The maximum atomic E-state index is 13.5. The SMILES string of the molecule is COc1ccc(N2C(=O)/C(=C\c3cc(C)n(-c4ccc(I)c(C)c4)c3C)C(=O)NC2=S)c(OC)c1. The quantitative estimate of drug-likeness (QED) is 0.196. The average Bonchev–Trinajstić information content (AvgIpc) is 3.11. The molecule has 4 rings (SSSR count). The van der Waals surface area contributed by atoms with Crippen LogP contribution in [0.5, 0.6) is 11.5 Å². The van der Waals surface area contributed by atoms with Crippen molar-refractivity contribution in [3.05, 3.63) is 74.1 Å². The molecule has 180 valence electrons. The van der Waals surface area contributed by atoms with Crippen LogP contribution < -0.4 is 19.7 Å². The fourth-order valence-electron chi connectivity index (χ4n) is 4.10. The summed E-state index contributed by atoms with van der Waals surface area (Å²) >= 11 is 7.65. The van der Waals surface area contributed by atoms with Gasteiger partial charge in [-0.1, -0.05) is 0 Å². The molecule has 0 atom stereocenters.